The minimum atomic E-state index is -3.80. The molecule has 0 aliphatic rings. The molecule has 1 aromatic heterocycles. The molecular weight excluding hydrogens is 282 g/mol. The number of hydrogen-bond donors (Lipinski definition) is 3. The van der Waals surface area contributed by atoms with E-state index >= 15 is 0 Å². The average molecular weight is 297 g/mol. The van der Waals surface area contributed by atoms with Crippen molar-refractivity contribution < 1.29 is 8.42 Å². The molecule has 0 saturated carbocycles. The predicted molar refractivity (Wildman–Crippen MR) is 78.6 cm³/mol. The lowest BCUT2D eigenvalue weighted by atomic mass is 10.2. The Hall–Kier alpha value is -1.57. The molecule has 102 valence electrons. The first-order valence-electron chi connectivity index (χ1n) is 5.56. The maximum Gasteiger partial charge on any atom is 0.240 e. The number of rotatable bonds is 4. The van der Waals surface area contributed by atoms with Crippen LogP contribution in [0.25, 0.3) is 0 Å². The van der Waals surface area contributed by atoms with Crippen LogP contribution in [0, 0.1) is 6.92 Å². The summed E-state index contributed by atoms with van der Waals surface area (Å²) in [5.41, 5.74) is 8.90. The zero-order chi connectivity index (χ0) is 14.0. The normalized spacial score (nSPS) is 11.5. The first-order valence-corrected chi connectivity index (χ1v) is 8.05. The van der Waals surface area contributed by atoms with Gasteiger partial charge in [-0.15, -0.1) is 0 Å². The second-order valence-corrected chi connectivity index (χ2v) is 6.47. The second kappa shape index (κ2) is 5.20. The van der Waals surface area contributed by atoms with Crippen LogP contribution in [-0.4, -0.2) is 8.42 Å². The Kier molecular flexibility index (Phi) is 3.79. The standard InChI is InChI=1S/C12H15N3O2S2/c1-8-6-18-7-9(8)5-15-10-3-2-4-11(12(10)13)19(14,16)17/h2-4,6-7,15H,5,13H2,1H3,(H2,14,16,17). The van der Waals surface area contributed by atoms with Crippen molar-refractivity contribution in [3.05, 3.63) is 40.1 Å². The van der Waals surface area contributed by atoms with Crippen LogP contribution < -0.4 is 16.2 Å². The molecule has 0 unspecified atom stereocenters. The molecular formula is C12H15N3O2S2. The fourth-order valence-corrected chi connectivity index (χ4v) is 3.25. The molecule has 0 radical (unpaired) electrons. The topological polar surface area (TPSA) is 98.2 Å². The summed E-state index contributed by atoms with van der Waals surface area (Å²) in [4.78, 5) is -0.0560. The summed E-state index contributed by atoms with van der Waals surface area (Å²) in [5.74, 6) is 0. The van der Waals surface area contributed by atoms with Crippen LogP contribution in [0.3, 0.4) is 0 Å². The molecule has 7 heteroatoms. The van der Waals surface area contributed by atoms with Gasteiger partial charge in [-0.2, -0.15) is 11.3 Å². The zero-order valence-corrected chi connectivity index (χ0v) is 12.0. The molecule has 0 aliphatic heterocycles. The Morgan fingerprint density at radius 3 is 2.63 bits per heavy atom. The van der Waals surface area contributed by atoms with Gasteiger partial charge in [-0.1, -0.05) is 6.07 Å². The Bertz CT molecular complexity index is 693. The lowest BCUT2D eigenvalue weighted by Gasteiger charge is -2.11. The molecule has 0 spiro atoms. The molecule has 19 heavy (non-hydrogen) atoms. The van der Waals surface area contributed by atoms with E-state index in [1.807, 2.05) is 12.3 Å². The van der Waals surface area contributed by atoms with Crippen molar-refractivity contribution in [3.63, 3.8) is 0 Å². The lowest BCUT2D eigenvalue weighted by Crippen LogP contribution is -2.15. The van der Waals surface area contributed by atoms with Crippen LogP contribution in [0.4, 0.5) is 11.4 Å². The van der Waals surface area contributed by atoms with Crippen molar-refractivity contribution in [1.82, 2.24) is 0 Å². The Balaban J connectivity index is 2.25. The molecule has 2 rings (SSSR count). The van der Waals surface area contributed by atoms with Gasteiger partial charge in [-0.25, -0.2) is 13.6 Å². The maximum atomic E-state index is 11.4. The fourth-order valence-electron chi connectivity index (χ4n) is 1.70. The number of nitrogens with one attached hydrogen (secondary N) is 1. The second-order valence-electron chi connectivity index (χ2n) is 4.20. The van der Waals surface area contributed by atoms with Gasteiger partial charge in [0, 0.05) is 6.54 Å². The number of nitrogen functional groups attached to an aromatic ring is 1. The van der Waals surface area contributed by atoms with Gasteiger partial charge in [-0.05, 0) is 40.9 Å². The summed E-state index contributed by atoms with van der Waals surface area (Å²) >= 11 is 1.63. The van der Waals surface area contributed by atoms with E-state index in [0.717, 1.165) is 5.56 Å². The van der Waals surface area contributed by atoms with E-state index in [9.17, 15) is 8.42 Å². The first kappa shape index (κ1) is 13.9. The number of primary sulfonamides is 1. The molecule has 1 aromatic carbocycles. The number of anilines is 2. The van der Waals surface area contributed by atoms with Crippen molar-refractivity contribution >= 4 is 32.7 Å². The van der Waals surface area contributed by atoms with E-state index in [1.165, 1.54) is 11.6 Å². The van der Waals surface area contributed by atoms with Gasteiger partial charge in [0.2, 0.25) is 10.0 Å². The van der Waals surface area contributed by atoms with Gasteiger partial charge in [-0.3, -0.25) is 0 Å². The highest BCUT2D eigenvalue weighted by Gasteiger charge is 2.14. The zero-order valence-electron chi connectivity index (χ0n) is 10.4. The molecule has 5 N–H and O–H groups in total. The van der Waals surface area contributed by atoms with E-state index in [0.29, 0.717) is 12.2 Å². The number of benzene rings is 1. The van der Waals surface area contributed by atoms with Crippen molar-refractivity contribution in [2.45, 2.75) is 18.4 Å². The van der Waals surface area contributed by atoms with Gasteiger partial charge in [0.25, 0.3) is 0 Å². The highest BCUT2D eigenvalue weighted by Crippen LogP contribution is 2.26. The smallest absolute Gasteiger partial charge is 0.240 e. The van der Waals surface area contributed by atoms with Crippen LogP contribution in [0.15, 0.2) is 33.9 Å². The van der Waals surface area contributed by atoms with Crippen molar-refractivity contribution in [1.29, 1.82) is 0 Å². The number of nitrogens with two attached hydrogens (primary N) is 2. The number of para-hydroxylation sites is 1. The quantitative estimate of drug-likeness (QED) is 0.751. The van der Waals surface area contributed by atoms with E-state index in [2.05, 4.69) is 10.7 Å². The molecule has 0 aliphatic carbocycles. The molecule has 0 amide bonds. The molecule has 1 heterocycles. The fraction of sp³-hybridized carbons (Fsp3) is 0.167. The highest BCUT2D eigenvalue weighted by atomic mass is 32.2. The minimum Gasteiger partial charge on any atom is -0.396 e. The summed E-state index contributed by atoms with van der Waals surface area (Å²) in [6.45, 7) is 2.62. The van der Waals surface area contributed by atoms with Crippen LogP contribution in [0.2, 0.25) is 0 Å². The van der Waals surface area contributed by atoms with Gasteiger partial charge in [0.1, 0.15) is 4.90 Å². The summed E-state index contributed by atoms with van der Waals surface area (Å²) < 4.78 is 22.7. The van der Waals surface area contributed by atoms with E-state index in [4.69, 9.17) is 10.9 Å². The minimum absolute atomic E-state index is 0.0560. The van der Waals surface area contributed by atoms with E-state index < -0.39 is 10.0 Å². The number of aryl methyl sites for hydroxylation is 1. The summed E-state index contributed by atoms with van der Waals surface area (Å²) in [6, 6.07) is 4.73. The van der Waals surface area contributed by atoms with Gasteiger partial charge >= 0.3 is 0 Å². The summed E-state index contributed by atoms with van der Waals surface area (Å²) in [5, 5.41) is 12.3. The Morgan fingerprint density at radius 1 is 1.32 bits per heavy atom. The third kappa shape index (κ3) is 3.06. The van der Waals surface area contributed by atoms with Crippen LogP contribution in [0.5, 0.6) is 0 Å². The number of hydrogen-bond acceptors (Lipinski definition) is 5. The molecule has 5 nitrogen and oxygen atoms in total. The van der Waals surface area contributed by atoms with Gasteiger partial charge < -0.3 is 11.1 Å². The Morgan fingerprint density at radius 2 is 2.05 bits per heavy atom. The van der Waals surface area contributed by atoms with E-state index in [-0.39, 0.29) is 10.6 Å². The monoisotopic (exact) mass is 297 g/mol. The Labute approximate surface area is 116 Å². The van der Waals surface area contributed by atoms with Crippen LogP contribution in [0.1, 0.15) is 11.1 Å². The van der Waals surface area contributed by atoms with Gasteiger partial charge in [0.05, 0.1) is 11.4 Å². The molecule has 0 saturated heterocycles. The van der Waals surface area contributed by atoms with Crippen molar-refractivity contribution in [3.8, 4) is 0 Å². The summed E-state index contributed by atoms with van der Waals surface area (Å²) in [7, 11) is -3.80. The van der Waals surface area contributed by atoms with Gasteiger partial charge in [0.15, 0.2) is 0 Å². The lowest BCUT2D eigenvalue weighted by molar-refractivity contribution is 0.598. The van der Waals surface area contributed by atoms with Crippen molar-refractivity contribution in [2.24, 2.45) is 5.14 Å². The third-order valence-corrected chi connectivity index (χ3v) is 4.68. The highest BCUT2D eigenvalue weighted by molar-refractivity contribution is 7.89. The molecule has 2 aromatic rings. The molecule has 0 fully saturated rings. The number of thiophene rings is 1. The van der Waals surface area contributed by atoms with Crippen molar-refractivity contribution in [2.75, 3.05) is 11.1 Å². The molecule has 0 bridgehead atoms. The average Bonchev–Trinajstić information content (AvgIpc) is 2.72. The third-order valence-electron chi connectivity index (χ3n) is 2.80. The predicted octanol–water partition coefficient (Wildman–Crippen LogP) is 1.90. The van der Waals surface area contributed by atoms with E-state index in [1.54, 1.807) is 23.5 Å². The largest absolute Gasteiger partial charge is 0.396 e. The molecule has 0 atom stereocenters. The first-order chi connectivity index (χ1) is 8.89. The van der Waals surface area contributed by atoms with Crippen LogP contribution >= 0.6 is 11.3 Å². The number of sulfonamides is 1. The van der Waals surface area contributed by atoms with Crippen LogP contribution in [-0.2, 0) is 16.6 Å². The maximum absolute atomic E-state index is 11.4. The SMILES string of the molecule is Cc1cscc1CNc1cccc(S(N)(=O)=O)c1N. The summed E-state index contributed by atoms with van der Waals surface area (Å²) in [6.07, 6.45) is 0.